The highest BCUT2D eigenvalue weighted by atomic mass is 16.4. The van der Waals surface area contributed by atoms with Crippen LogP contribution in [0.5, 0.6) is 0 Å². The molecule has 1 fully saturated rings. The van der Waals surface area contributed by atoms with Crippen LogP contribution in [-0.4, -0.2) is 32.2 Å². The number of aryl methyl sites for hydroxylation is 2. The Morgan fingerprint density at radius 2 is 2.29 bits per heavy atom. The summed E-state index contributed by atoms with van der Waals surface area (Å²) in [5, 5.41) is 13.1. The number of nitrogens with one attached hydrogen (secondary N) is 1. The SMILES string of the molecule is Cc1ncn(CCC2CCCC2(NC(C)C)C(=O)O)c1C. The van der Waals surface area contributed by atoms with Crippen LogP contribution in [0.4, 0.5) is 0 Å². The first-order chi connectivity index (χ1) is 9.86. The standard InChI is InChI=1S/C16H27N3O2/c1-11(2)18-16(15(20)21)8-5-6-14(16)7-9-19-10-17-12(3)13(19)4/h10-11,14,18H,5-9H2,1-4H3,(H,20,21). The van der Waals surface area contributed by atoms with Gasteiger partial charge in [0.25, 0.3) is 0 Å². The summed E-state index contributed by atoms with van der Waals surface area (Å²) in [7, 11) is 0. The van der Waals surface area contributed by atoms with E-state index in [1.807, 2.05) is 27.1 Å². The van der Waals surface area contributed by atoms with Gasteiger partial charge in [0.05, 0.1) is 12.0 Å². The van der Waals surface area contributed by atoms with E-state index in [9.17, 15) is 9.90 Å². The van der Waals surface area contributed by atoms with Crippen LogP contribution >= 0.6 is 0 Å². The molecule has 5 nitrogen and oxygen atoms in total. The molecule has 1 aromatic heterocycles. The van der Waals surface area contributed by atoms with Crippen molar-refractivity contribution in [2.24, 2.45) is 5.92 Å². The molecule has 1 aliphatic carbocycles. The molecule has 2 rings (SSSR count). The van der Waals surface area contributed by atoms with Crippen molar-refractivity contribution in [3.05, 3.63) is 17.7 Å². The molecule has 1 heterocycles. The third-order valence-electron chi connectivity index (χ3n) is 4.81. The molecule has 0 spiro atoms. The van der Waals surface area contributed by atoms with Gasteiger partial charge < -0.3 is 9.67 Å². The number of carboxylic acids is 1. The molecule has 1 aromatic rings. The normalized spacial score (nSPS) is 25.7. The Bertz CT molecular complexity index is 510. The van der Waals surface area contributed by atoms with Gasteiger partial charge in [0.1, 0.15) is 5.54 Å². The molecule has 0 aromatic carbocycles. The van der Waals surface area contributed by atoms with Gasteiger partial charge in [0, 0.05) is 18.3 Å². The molecule has 0 radical (unpaired) electrons. The number of hydrogen-bond donors (Lipinski definition) is 2. The van der Waals surface area contributed by atoms with Crippen LogP contribution in [0, 0.1) is 19.8 Å². The van der Waals surface area contributed by atoms with Crippen molar-refractivity contribution < 1.29 is 9.90 Å². The van der Waals surface area contributed by atoms with Crippen molar-refractivity contribution in [3.63, 3.8) is 0 Å². The van der Waals surface area contributed by atoms with Gasteiger partial charge in [-0.3, -0.25) is 10.1 Å². The van der Waals surface area contributed by atoms with Crippen molar-refractivity contribution in [1.82, 2.24) is 14.9 Å². The Labute approximate surface area is 126 Å². The predicted octanol–water partition coefficient (Wildman–Crippen LogP) is 2.51. The zero-order valence-electron chi connectivity index (χ0n) is 13.5. The summed E-state index contributed by atoms with van der Waals surface area (Å²) in [6.07, 6.45) is 5.44. The van der Waals surface area contributed by atoms with E-state index in [1.54, 1.807) is 0 Å². The number of rotatable bonds is 6. The van der Waals surface area contributed by atoms with Crippen LogP contribution in [-0.2, 0) is 11.3 Å². The molecule has 1 aliphatic rings. The molecule has 5 heteroatoms. The van der Waals surface area contributed by atoms with Gasteiger partial charge in [0.15, 0.2) is 0 Å². The van der Waals surface area contributed by atoms with Crippen LogP contribution in [0.15, 0.2) is 6.33 Å². The second kappa shape index (κ2) is 6.18. The molecular weight excluding hydrogens is 266 g/mol. The lowest BCUT2D eigenvalue weighted by Gasteiger charge is -2.34. The molecule has 0 saturated heterocycles. The molecule has 1 saturated carbocycles. The third-order valence-corrected chi connectivity index (χ3v) is 4.81. The summed E-state index contributed by atoms with van der Waals surface area (Å²) in [4.78, 5) is 16.2. The highest BCUT2D eigenvalue weighted by molar-refractivity contribution is 5.79. The van der Waals surface area contributed by atoms with Gasteiger partial charge in [-0.2, -0.15) is 0 Å². The first kappa shape index (κ1) is 16.0. The Morgan fingerprint density at radius 3 is 2.81 bits per heavy atom. The fourth-order valence-corrected chi connectivity index (χ4v) is 3.58. The molecule has 2 unspecified atom stereocenters. The van der Waals surface area contributed by atoms with Crippen molar-refractivity contribution in [1.29, 1.82) is 0 Å². The minimum absolute atomic E-state index is 0.180. The number of nitrogens with zero attached hydrogens (tertiary/aromatic N) is 2. The summed E-state index contributed by atoms with van der Waals surface area (Å²) in [6.45, 7) is 8.94. The van der Waals surface area contributed by atoms with Crippen LogP contribution in [0.3, 0.4) is 0 Å². The van der Waals surface area contributed by atoms with Crippen molar-refractivity contribution >= 4 is 5.97 Å². The topological polar surface area (TPSA) is 67.2 Å². The van der Waals surface area contributed by atoms with E-state index in [1.165, 1.54) is 5.69 Å². The van der Waals surface area contributed by atoms with E-state index in [4.69, 9.17) is 0 Å². The van der Waals surface area contributed by atoms with Crippen LogP contribution < -0.4 is 5.32 Å². The van der Waals surface area contributed by atoms with Crippen LogP contribution in [0.1, 0.15) is 50.9 Å². The number of aliphatic carboxylic acids is 1. The second-order valence-electron chi connectivity index (χ2n) is 6.56. The minimum Gasteiger partial charge on any atom is -0.480 e. The molecule has 21 heavy (non-hydrogen) atoms. The lowest BCUT2D eigenvalue weighted by Crippen LogP contribution is -2.57. The first-order valence-electron chi connectivity index (χ1n) is 7.86. The van der Waals surface area contributed by atoms with Crippen molar-refractivity contribution in [2.45, 2.75) is 71.5 Å². The van der Waals surface area contributed by atoms with Gasteiger partial charge in [-0.25, -0.2) is 4.98 Å². The Morgan fingerprint density at radius 1 is 1.57 bits per heavy atom. The smallest absolute Gasteiger partial charge is 0.324 e. The highest BCUT2D eigenvalue weighted by Gasteiger charge is 2.48. The summed E-state index contributed by atoms with van der Waals surface area (Å²) < 4.78 is 2.13. The lowest BCUT2D eigenvalue weighted by atomic mass is 9.84. The second-order valence-corrected chi connectivity index (χ2v) is 6.56. The average molecular weight is 293 g/mol. The zero-order valence-corrected chi connectivity index (χ0v) is 13.5. The van der Waals surface area contributed by atoms with Gasteiger partial charge in [0.2, 0.25) is 0 Å². The van der Waals surface area contributed by atoms with Crippen LogP contribution in [0.25, 0.3) is 0 Å². The molecule has 0 bridgehead atoms. The monoisotopic (exact) mass is 293 g/mol. The predicted molar refractivity (Wildman–Crippen MR) is 82.3 cm³/mol. The van der Waals surface area contributed by atoms with Gasteiger partial charge >= 0.3 is 5.97 Å². The number of carbonyl (C=O) groups is 1. The van der Waals surface area contributed by atoms with Gasteiger partial charge in [-0.1, -0.05) is 6.42 Å². The van der Waals surface area contributed by atoms with E-state index in [-0.39, 0.29) is 12.0 Å². The Hall–Kier alpha value is -1.36. The van der Waals surface area contributed by atoms with E-state index >= 15 is 0 Å². The zero-order chi connectivity index (χ0) is 15.6. The van der Waals surface area contributed by atoms with Crippen molar-refractivity contribution in [2.75, 3.05) is 0 Å². The lowest BCUT2D eigenvalue weighted by molar-refractivity contribution is -0.147. The molecule has 0 amide bonds. The van der Waals surface area contributed by atoms with Crippen LogP contribution in [0.2, 0.25) is 0 Å². The largest absolute Gasteiger partial charge is 0.480 e. The maximum atomic E-state index is 11.9. The number of aromatic nitrogens is 2. The minimum atomic E-state index is -0.752. The van der Waals surface area contributed by atoms with Gasteiger partial charge in [-0.05, 0) is 52.9 Å². The molecule has 2 atom stereocenters. The van der Waals surface area contributed by atoms with E-state index in [2.05, 4.69) is 21.8 Å². The fourth-order valence-electron chi connectivity index (χ4n) is 3.58. The Balaban J connectivity index is 2.10. The maximum absolute atomic E-state index is 11.9. The first-order valence-corrected chi connectivity index (χ1v) is 7.86. The van der Waals surface area contributed by atoms with Crippen molar-refractivity contribution in [3.8, 4) is 0 Å². The molecular formula is C16H27N3O2. The molecule has 0 aliphatic heterocycles. The summed E-state index contributed by atoms with van der Waals surface area (Å²) in [5.74, 6) is -0.517. The summed E-state index contributed by atoms with van der Waals surface area (Å²) in [6, 6.07) is 0.180. The van der Waals surface area contributed by atoms with Gasteiger partial charge in [-0.15, -0.1) is 0 Å². The van der Waals surface area contributed by atoms with E-state index < -0.39 is 11.5 Å². The quantitative estimate of drug-likeness (QED) is 0.845. The number of imidazole rings is 1. The number of hydrogen-bond acceptors (Lipinski definition) is 3. The molecule has 2 N–H and O–H groups in total. The van der Waals surface area contributed by atoms with E-state index in [0.29, 0.717) is 0 Å². The third kappa shape index (κ3) is 3.12. The fraction of sp³-hybridized carbons (Fsp3) is 0.750. The van der Waals surface area contributed by atoms with E-state index in [0.717, 1.165) is 37.9 Å². The Kier molecular flexibility index (Phi) is 4.71. The summed E-state index contributed by atoms with van der Waals surface area (Å²) >= 11 is 0. The molecule has 118 valence electrons. The maximum Gasteiger partial charge on any atom is 0.324 e. The number of carboxylic acid groups (broad SMARTS) is 1. The highest BCUT2D eigenvalue weighted by Crippen LogP contribution is 2.39. The summed E-state index contributed by atoms with van der Waals surface area (Å²) in [5.41, 5.74) is 1.47. The average Bonchev–Trinajstić information content (AvgIpc) is 2.94.